The number of primary amides is 1. The maximum atomic E-state index is 13.2. The lowest BCUT2D eigenvalue weighted by atomic mass is 9.97. The number of halogens is 2. The molecule has 2 saturated heterocycles. The van der Waals surface area contributed by atoms with Crippen molar-refractivity contribution in [2.24, 2.45) is 11.7 Å². The fraction of sp³-hybridized carbons (Fsp3) is 0.579. The number of nitrogens with zero attached hydrogens (tertiary/aromatic N) is 1. The molecule has 1 aromatic carbocycles. The van der Waals surface area contributed by atoms with Crippen molar-refractivity contribution in [3.63, 3.8) is 0 Å². The molecule has 0 bridgehead atoms. The summed E-state index contributed by atoms with van der Waals surface area (Å²) < 4.78 is 26.4. The topological polar surface area (TPSA) is 87.5 Å². The summed E-state index contributed by atoms with van der Waals surface area (Å²) in [5, 5.41) is 5.28. The average molecular weight is 380 g/mol. The Morgan fingerprint density at radius 2 is 2.11 bits per heavy atom. The minimum Gasteiger partial charge on any atom is -0.369 e. The number of alkyl halides is 2. The largest absolute Gasteiger partial charge is 0.369 e. The third kappa shape index (κ3) is 5.46. The van der Waals surface area contributed by atoms with Crippen LogP contribution in [0.5, 0.6) is 0 Å². The fourth-order valence-corrected chi connectivity index (χ4v) is 3.74. The number of carbonyl (C=O) groups excluding carboxylic acids is 2. The summed E-state index contributed by atoms with van der Waals surface area (Å²) in [7, 11) is 0. The fourth-order valence-electron chi connectivity index (χ4n) is 3.74. The van der Waals surface area contributed by atoms with E-state index in [1.807, 2.05) is 24.3 Å². The highest BCUT2D eigenvalue weighted by atomic mass is 19.3. The highest BCUT2D eigenvalue weighted by molar-refractivity contribution is 5.82. The Hall–Kier alpha value is -2.06. The van der Waals surface area contributed by atoms with Crippen LogP contribution >= 0.6 is 0 Å². The number of likely N-dealkylation sites (tertiary alicyclic amines) is 1. The molecular weight excluding hydrogens is 354 g/mol. The van der Waals surface area contributed by atoms with Gasteiger partial charge in [-0.25, -0.2) is 8.78 Å². The molecule has 2 fully saturated rings. The van der Waals surface area contributed by atoms with Gasteiger partial charge in [-0.2, -0.15) is 0 Å². The predicted octanol–water partition coefficient (Wildman–Crippen LogP) is 0.997. The lowest BCUT2D eigenvalue weighted by Gasteiger charge is -2.31. The summed E-state index contributed by atoms with van der Waals surface area (Å²) >= 11 is 0. The molecule has 148 valence electrons. The Bertz CT molecular complexity index is 698. The Balaban J connectivity index is 1.51. The van der Waals surface area contributed by atoms with Gasteiger partial charge in [-0.3, -0.25) is 19.8 Å². The van der Waals surface area contributed by atoms with E-state index in [9.17, 15) is 18.4 Å². The first-order chi connectivity index (χ1) is 12.8. The average Bonchev–Trinajstić information content (AvgIpc) is 3.00. The molecule has 6 nitrogen and oxygen atoms in total. The van der Waals surface area contributed by atoms with E-state index in [1.165, 1.54) is 0 Å². The summed E-state index contributed by atoms with van der Waals surface area (Å²) in [6.45, 7) is 2.13. The maximum absolute atomic E-state index is 13.2. The number of nitrogens with two attached hydrogens (primary N) is 1. The first-order valence-electron chi connectivity index (χ1n) is 9.31. The Morgan fingerprint density at radius 1 is 1.33 bits per heavy atom. The minimum atomic E-state index is -2.82. The second-order valence-electron chi connectivity index (χ2n) is 7.51. The third-order valence-corrected chi connectivity index (χ3v) is 5.20. The highest BCUT2D eigenvalue weighted by Crippen LogP contribution is 2.25. The lowest BCUT2D eigenvalue weighted by Crippen LogP contribution is -2.40. The van der Waals surface area contributed by atoms with Crippen molar-refractivity contribution in [1.29, 1.82) is 0 Å². The van der Waals surface area contributed by atoms with Gasteiger partial charge in [0.1, 0.15) is 0 Å². The molecule has 0 saturated carbocycles. The van der Waals surface area contributed by atoms with Crippen molar-refractivity contribution in [1.82, 2.24) is 15.5 Å². The quantitative estimate of drug-likeness (QED) is 0.687. The molecule has 2 aliphatic heterocycles. The van der Waals surface area contributed by atoms with Crippen molar-refractivity contribution in [3.05, 3.63) is 35.4 Å². The summed E-state index contributed by atoms with van der Waals surface area (Å²) in [5.41, 5.74) is 7.42. The lowest BCUT2D eigenvalue weighted by molar-refractivity contribution is -0.124. The van der Waals surface area contributed by atoms with Gasteiger partial charge in [-0.05, 0) is 30.5 Å². The van der Waals surface area contributed by atoms with E-state index in [4.69, 9.17) is 5.73 Å². The van der Waals surface area contributed by atoms with Crippen molar-refractivity contribution in [2.75, 3.05) is 19.6 Å². The Kier molecular flexibility index (Phi) is 6.06. The first-order valence-corrected chi connectivity index (χ1v) is 9.31. The smallest absolute Gasteiger partial charge is 0.262 e. The summed E-state index contributed by atoms with van der Waals surface area (Å²) in [6, 6.07) is 6.95. The van der Waals surface area contributed by atoms with E-state index in [0.717, 1.165) is 30.5 Å². The number of piperidine rings is 1. The molecular formula is C19H26F2N4O2. The Labute approximate surface area is 157 Å². The van der Waals surface area contributed by atoms with Crippen molar-refractivity contribution >= 4 is 11.8 Å². The molecule has 2 amide bonds. The molecule has 4 N–H and O–H groups in total. The molecule has 0 aliphatic carbocycles. The van der Waals surface area contributed by atoms with Gasteiger partial charge in [-0.15, -0.1) is 0 Å². The van der Waals surface area contributed by atoms with Crippen LogP contribution in [0.2, 0.25) is 0 Å². The van der Waals surface area contributed by atoms with E-state index in [1.54, 1.807) is 0 Å². The van der Waals surface area contributed by atoms with Gasteiger partial charge in [0.15, 0.2) is 0 Å². The molecule has 27 heavy (non-hydrogen) atoms. The monoisotopic (exact) mass is 380 g/mol. The molecule has 2 aliphatic rings. The molecule has 8 heteroatoms. The van der Waals surface area contributed by atoms with Crippen LogP contribution in [0.4, 0.5) is 8.78 Å². The molecule has 3 rings (SSSR count). The van der Waals surface area contributed by atoms with Gasteiger partial charge >= 0.3 is 0 Å². The number of hydrogen-bond donors (Lipinski definition) is 3. The van der Waals surface area contributed by atoms with Crippen LogP contribution < -0.4 is 16.4 Å². The van der Waals surface area contributed by atoms with E-state index in [-0.39, 0.29) is 11.8 Å². The van der Waals surface area contributed by atoms with E-state index in [0.29, 0.717) is 19.6 Å². The van der Waals surface area contributed by atoms with Gasteiger partial charge in [0.2, 0.25) is 11.8 Å². The van der Waals surface area contributed by atoms with Crippen LogP contribution in [0, 0.1) is 5.92 Å². The maximum Gasteiger partial charge on any atom is 0.262 e. The van der Waals surface area contributed by atoms with E-state index in [2.05, 4.69) is 15.5 Å². The second kappa shape index (κ2) is 8.31. The van der Waals surface area contributed by atoms with Gasteiger partial charge in [0.25, 0.3) is 5.92 Å². The van der Waals surface area contributed by atoms with Gasteiger partial charge in [0.05, 0.1) is 18.5 Å². The zero-order valence-electron chi connectivity index (χ0n) is 15.2. The normalized spacial score (nSPS) is 25.3. The van der Waals surface area contributed by atoms with Crippen molar-refractivity contribution in [2.45, 2.75) is 44.3 Å². The van der Waals surface area contributed by atoms with Crippen molar-refractivity contribution in [3.8, 4) is 0 Å². The predicted molar refractivity (Wildman–Crippen MR) is 96.8 cm³/mol. The Morgan fingerprint density at radius 3 is 2.81 bits per heavy atom. The van der Waals surface area contributed by atoms with Gasteiger partial charge in [0, 0.05) is 26.1 Å². The molecule has 2 heterocycles. The van der Waals surface area contributed by atoms with Gasteiger partial charge in [-0.1, -0.05) is 24.3 Å². The highest BCUT2D eigenvalue weighted by Gasteiger charge is 2.42. The van der Waals surface area contributed by atoms with Crippen LogP contribution in [0.15, 0.2) is 24.3 Å². The second-order valence-corrected chi connectivity index (χ2v) is 7.51. The first kappa shape index (κ1) is 19.7. The SMILES string of the molecule is NC(=O)C1CCCN(Cc2cccc(CNC(=O)C3CC(F)(F)CN3)c2)C1. The number of carbonyl (C=O) groups is 2. The van der Waals surface area contributed by atoms with E-state index < -0.39 is 30.8 Å². The van der Waals surface area contributed by atoms with Crippen molar-refractivity contribution < 1.29 is 18.4 Å². The number of amides is 2. The number of benzene rings is 1. The minimum absolute atomic E-state index is 0.0988. The number of rotatable bonds is 6. The standard InChI is InChI=1S/C19H26F2N4O2/c20-19(21)8-16(24-12-19)18(27)23-9-13-3-1-4-14(7-13)10-25-6-2-5-15(11-25)17(22)26/h1,3-4,7,15-16,24H,2,5-6,8-12H2,(H2,22,26)(H,23,27). The number of nitrogens with one attached hydrogen (secondary N) is 2. The molecule has 0 radical (unpaired) electrons. The van der Waals surface area contributed by atoms with Crippen LogP contribution in [-0.2, 0) is 22.7 Å². The van der Waals surface area contributed by atoms with Crippen LogP contribution in [-0.4, -0.2) is 48.3 Å². The van der Waals surface area contributed by atoms with E-state index >= 15 is 0 Å². The van der Waals surface area contributed by atoms with Gasteiger partial charge < -0.3 is 11.1 Å². The molecule has 0 aromatic heterocycles. The van der Waals surface area contributed by atoms with Crippen LogP contribution in [0.25, 0.3) is 0 Å². The molecule has 2 atom stereocenters. The summed E-state index contributed by atoms with van der Waals surface area (Å²) in [5.74, 6) is -3.57. The van der Waals surface area contributed by atoms with Crippen LogP contribution in [0.1, 0.15) is 30.4 Å². The summed E-state index contributed by atoms with van der Waals surface area (Å²) in [6.07, 6.45) is 1.32. The molecule has 0 spiro atoms. The zero-order chi connectivity index (χ0) is 19.4. The number of hydrogen-bond acceptors (Lipinski definition) is 4. The molecule has 1 aromatic rings. The molecule has 2 unspecified atom stereocenters. The van der Waals surface area contributed by atoms with Crippen LogP contribution in [0.3, 0.4) is 0 Å². The third-order valence-electron chi connectivity index (χ3n) is 5.20. The zero-order valence-corrected chi connectivity index (χ0v) is 15.2. The summed E-state index contributed by atoms with van der Waals surface area (Å²) in [4.78, 5) is 25.7.